The molecule has 2 N–H and O–H groups in total. The zero-order chi connectivity index (χ0) is 14.3. The predicted molar refractivity (Wildman–Crippen MR) is 79.9 cm³/mol. The second kappa shape index (κ2) is 6.18. The largest absolute Gasteiger partial charge is 0.383 e. The Kier molecular flexibility index (Phi) is 5.46. The number of halogens is 1. The van der Waals surface area contributed by atoms with Crippen molar-refractivity contribution in [3.8, 4) is 0 Å². The van der Waals surface area contributed by atoms with Crippen LogP contribution >= 0.6 is 12.4 Å². The number of fused-ring (bicyclic) bond motifs is 1. The highest BCUT2D eigenvalue weighted by Gasteiger charge is 2.70. The van der Waals surface area contributed by atoms with Gasteiger partial charge in [-0.2, -0.15) is 0 Å². The fraction of sp³-hybridized carbons (Fsp3) is 0.929. The van der Waals surface area contributed by atoms with Crippen LogP contribution in [0.15, 0.2) is 0 Å². The minimum absolute atomic E-state index is 0. The van der Waals surface area contributed by atoms with Gasteiger partial charge in [0.1, 0.15) is 5.54 Å². The van der Waals surface area contributed by atoms with E-state index < -0.39 is 5.54 Å². The maximum absolute atomic E-state index is 12.7. The molecule has 1 saturated carbocycles. The lowest BCUT2D eigenvalue weighted by atomic mass is 9.46. The van der Waals surface area contributed by atoms with Crippen molar-refractivity contribution in [2.45, 2.75) is 38.3 Å². The minimum atomic E-state index is -0.805. The van der Waals surface area contributed by atoms with E-state index in [2.05, 4.69) is 0 Å². The molecule has 2 rings (SSSR count). The summed E-state index contributed by atoms with van der Waals surface area (Å²) in [4.78, 5) is 14.4. The van der Waals surface area contributed by atoms with Crippen molar-refractivity contribution < 1.29 is 14.3 Å². The fourth-order valence-corrected chi connectivity index (χ4v) is 3.66. The average molecular weight is 307 g/mol. The SMILES string of the molecule is COCCN(C)C(=O)C1(N)C2CCCOC2C1(C)C.Cl. The maximum atomic E-state index is 12.7. The Labute approximate surface area is 127 Å². The van der Waals surface area contributed by atoms with Crippen molar-refractivity contribution in [2.24, 2.45) is 17.1 Å². The van der Waals surface area contributed by atoms with Crippen LogP contribution in [0.5, 0.6) is 0 Å². The highest BCUT2D eigenvalue weighted by atomic mass is 35.5. The highest BCUT2D eigenvalue weighted by Crippen LogP contribution is 2.57. The van der Waals surface area contributed by atoms with E-state index in [1.165, 1.54) is 0 Å². The first kappa shape index (κ1) is 17.7. The predicted octanol–water partition coefficient (Wildman–Crippen LogP) is 1.05. The number of methoxy groups -OCH3 is 1. The van der Waals surface area contributed by atoms with Gasteiger partial charge in [-0.3, -0.25) is 4.79 Å². The van der Waals surface area contributed by atoms with E-state index in [0.29, 0.717) is 13.2 Å². The van der Waals surface area contributed by atoms with Crippen molar-refractivity contribution in [3.63, 3.8) is 0 Å². The van der Waals surface area contributed by atoms with E-state index in [1.807, 2.05) is 13.8 Å². The van der Waals surface area contributed by atoms with E-state index in [9.17, 15) is 4.79 Å². The molecule has 0 aromatic carbocycles. The van der Waals surface area contributed by atoms with Crippen molar-refractivity contribution >= 4 is 18.3 Å². The third kappa shape index (κ3) is 2.34. The summed E-state index contributed by atoms with van der Waals surface area (Å²) in [5.41, 5.74) is 5.43. The molecule has 6 heteroatoms. The molecule has 2 aliphatic rings. The summed E-state index contributed by atoms with van der Waals surface area (Å²) in [7, 11) is 3.43. The number of hydrogen-bond acceptors (Lipinski definition) is 4. The van der Waals surface area contributed by atoms with Gasteiger partial charge in [0, 0.05) is 38.6 Å². The molecule has 1 aliphatic heterocycles. The van der Waals surface area contributed by atoms with Gasteiger partial charge in [0.25, 0.3) is 0 Å². The van der Waals surface area contributed by atoms with Gasteiger partial charge in [-0.15, -0.1) is 12.4 Å². The lowest BCUT2D eigenvalue weighted by Crippen LogP contribution is -2.82. The zero-order valence-corrected chi connectivity index (χ0v) is 13.7. The van der Waals surface area contributed by atoms with E-state index in [1.54, 1.807) is 19.1 Å². The molecule has 2 fully saturated rings. The molecule has 0 aromatic heterocycles. The number of nitrogens with zero attached hydrogens (tertiary/aromatic N) is 1. The summed E-state index contributed by atoms with van der Waals surface area (Å²) < 4.78 is 10.8. The number of ether oxygens (including phenoxy) is 2. The third-order valence-electron chi connectivity index (χ3n) is 5.02. The van der Waals surface area contributed by atoms with Gasteiger partial charge in [-0.05, 0) is 12.8 Å². The van der Waals surface area contributed by atoms with E-state index in [4.69, 9.17) is 15.2 Å². The van der Waals surface area contributed by atoms with Crippen LogP contribution in [0.2, 0.25) is 0 Å². The van der Waals surface area contributed by atoms with Crippen molar-refractivity contribution in [1.29, 1.82) is 0 Å². The minimum Gasteiger partial charge on any atom is -0.383 e. The van der Waals surface area contributed by atoms with E-state index in [0.717, 1.165) is 19.4 Å². The van der Waals surface area contributed by atoms with Crippen LogP contribution in [-0.2, 0) is 14.3 Å². The number of carbonyl (C=O) groups is 1. The van der Waals surface area contributed by atoms with E-state index >= 15 is 0 Å². The average Bonchev–Trinajstić information content (AvgIpc) is 2.42. The molecule has 3 atom stereocenters. The van der Waals surface area contributed by atoms with Crippen molar-refractivity contribution in [3.05, 3.63) is 0 Å². The number of rotatable bonds is 4. The summed E-state index contributed by atoms with van der Waals surface area (Å²) in [5, 5.41) is 0. The normalized spacial score (nSPS) is 34.5. The van der Waals surface area contributed by atoms with Crippen LogP contribution in [0.4, 0.5) is 0 Å². The Bertz CT molecular complexity index is 364. The molecule has 1 saturated heterocycles. The Morgan fingerprint density at radius 3 is 2.75 bits per heavy atom. The summed E-state index contributed by atoms with van der Waals surface area (Å²) >= 11 is 0. The molecule has 0 bridgehead atoms. The van der Waals surface area contributed by atoms with Crippen molar-refractivity contribution in [1.82, 2.24) is 4.90 Å². The molecule has 1 aliphatic carbocycles. The smallest absolute Gasteiger partial charge is 0.243 e. The van der Waals surface area contributed by atoms with Gasteiger partial charge in [0.15, 0.2) is 0 Å². The number of nitrogens with two attached hydrogens (primary N) is 1. The molecule has 20 heavy (non-hydrogen) atoms. The van der Waals surface area contributed by atoms with Gasteiger partial charge in [0.2, 0.25) is 5.91 Å². The second-order valence-corrected chi connectivity index (χ2v) is 6.35. The molecule has 0 radical (unpaired) electrons. The number of carbonyl (C=O) groups excluding carboxylic acids is 1. The Morgan fingerprint density at radius 1 is 1.50 bits per heavy atom. The lowest BCUT2D eigenvalue weighted by Gasteiger charge is -2.65. The van der Waals surface area contributed by atoms with Crippen LogP contribution in [-0.4, -0.2) is 56.4 Å². The standard InChI is InChI=1S/C14H26N2O3.ClH/c1-13(2)11-10(6-5-8-19-11)14(13,15)12(17)16(3)7-9-18-4;/h10-11H,5-9,15H2,1-4H3;1H. The molecular formula is C14H27ClN2O3. The Morgan fingerprint density at radius 2 is 2.15 bits per heavy atom. The molecule has 0 spiro atoms. The lowest BCUT2D eigenvalue weighted by molar-refractivity contribution is -0.229. The van der Waals surface area contributed by atoms with Crippen LogP contribution in [0, 0.1) is 11.3 Å². The van der Waals surface area contributed by atoms with Gasteiger partial charge in [-0.25, -0.2) is 0 Å². The number of amides is 1. The van der Waals surface area contributed by atoms with Gasteiger partial charge in [-0.1, -0.05) is 13.8 Å². The molecule has 1 amide bonds. The molecular weight excluding hydrogens is 280 g/mol. The Balaban J connectivity index is 0.00000200. The van der Waals surface area contributed by atoms with E-state index in [-0.39, 0.29) is 35.8 Å². The summed E-state index contributed by atoms with van der Waals surface area (Å²) in [6.07, 6.45) is 2.09. The highest BCUT2D eigenvalue weighted by molar-refractivity contribution is 5.89. The maximum Gasteiger partial charge on any atom is 0.243 e. The first-order chi connectivity index (χ1) is 8.87. The van der Waals surface area contributed by atoms with Gasteiger partial charge in [0.05, 0.1) is 12.7 Å². The monoisotopic (exact) mass is 306 g/mol. The molecule has 3 unspecified atom stereocenters. The van der Waals surface area contributed by atoms with Crippen LogP contribution < -0.4 is 5.73 Å². The quantitative estimate of drug-likeness (QED) is 0.843. The summed E-state index contributed by atoms with van der Waals surface area (Å²) in [6, 6.07) is 0. The molecule has 0 aromatic rings. The van der Waals surface area contributed by atoms with Crippen LogP contribution in [0.1, 0.15) is 26.7 Å². The van der Waals surface area contributed by atoms with Crippen LogP contribution in [0.25, 0.3) is 0 Å². The second-order valence-electron chi connectivity index (χ2n) is 6.35. The Hall–Kier alpha value is -0.360. The first-order valence-corrected chi connectivity index (χ1v) is 7.02. The number of hydrogen-bond donors (Lipinski definition) is 1. The molecule has 1 heterocycles. The zero-order valence-electron chi connectivity index (χ0n) is 12.8. The topological polar surface area (TPSA) is 64.8 Å². The van der Waals surface area contributed by atoms with Gasteiger partial charge >= 0.3 is 0 Å². The number of likely N-dealkylation sites (N-methyl/N-ethyl adjacent to an activating group) is 1. The fourth-order valence-electron chi connectivity index (χ4n) is 3.66. The summed E-state index contributed by atoms with van der Waals surface area (Å²) in [5.74, 6) is 0.162. The van der Waals surface area contributed by atoms with Crippen molar-refractivity contribution in [2.75, 3.05) is 33.9 Å². The molecule has 5 nitrogen and oxygen atoms in total. The van der Waals surface area contributed by atoms with Gasteiger partial charge < -0.3 is 20.1 Å². The first-order valence-electron chi connectivity index (χ1n) is 7.02. The molecule has 118 valence electrons. The van der Waals surface area contributed by atoms with Crippen LogP contribution in [0.3, 0.4) is 0 Å². The summed E-state index contributed by atoms with van der Waals surface area (Å²) in [6.45, 7) is 5.98. The third-order valence-corrected chi connectivity index (χ3v) is 5.02.